The Morgan fingerprint density at radius 2 is 2.20 bits per heavy atom. The third-order valence-electron chi connectivity index (χ3n) is 3.41. The molecule has 1 aromatic heterocycles. The highest BCUT2D eigenvalue weighted by molar-refractivity contribution is 7.99. The fourth-order valence-corrected chi connectivity index (χ4v) is 3.63. The fourth-order valence-electron chi connectivity index (χ4n) is 2.48. The molecule has 114 valence electrons. The summed E-state index contributed by atoms with van der Waals surface area (Å²) < 4.78 is 5.62. The van der Waals surface area contributed by atoms with Crippen LogP contribution in [0.3, 0.4) is 0 Å². The van der Waals surface area contributed by atoms with Gasteiger partial charge in [-0.25, -0.2) is 0 Å². The van der Waals surface area contributed by atoms with E-state index in [2.05, 4.69) is 53.4 Å². The van der Waals surface area contributed by atoms with Crippen molar-refractivity contribution in [3.63, 3.8) is 0 Å². The van der Waals surface area contributed by atoms with Gasteiger partial charge < -0.3 is 15.1 Å². The van der Waals surface area contributed by atoms with Gasteiger partial charge in [-0.05, 0) is 37.5 Å². The summed E-state index contributed by atoms with van der Waals surface area (Å²) in [6.07, 6.45) is 3.68. The standard InChI is InChI=1S/C14H26N4OS/c1-4-20-12-6-5-11(7-12)16-14-18-17-13(19-14)9-15-8-10(2)3/h10-12,15H,4-9H2,1-3H3,(H,16,18). The second-order valence-electron chi connectivity index (χ2n) is 5.76. The minimum Gasteiger partial charge on any atom is -0.407 e. The van der Waals surface area contributed by atoms with Gasteiger partial charge in [-0.1, -0.05) is 25.9 Å². The summed E-state index contributed by atoms with van der Waals surface area (Å²) in [4.78, 5) is 0. The Kier molecular flexibility index (Phi) is 6.16. The van der Waals surface area contributed by atoms with E-state index in [0.717, 1.165) is 11.8 Å². The zero-order valence-electron chi connectivity index (χ0n) is 12.7. The first kappa shape index (κ1) is 15.6. The largest absolute Gasteiger partial charge is 0.407 e. The Balaban J connectivity index is 1.73. The van der Waals surface area contributed by atoms with Crippen molar-refractivity contribution in [2.24, 2.45) is 5.92 Å². The number of nitrogens with zero attached hydrogens (tertiary/aromatic N) is 2. The maximum absolute atomic E-state index is 5.62. The molecule has 1 saturated carbocycles. The third-order valence-corrected chi connectivity index (χ3v) is 4.64. The molecule has 0 saturated heterocycles. The Labute approximate surface area is 125 Å². The summed E-state index contributed by atoms with van der Waals surface area (Å²) in [6.45, 7) is 8.19. The van der Waals surface area contributed by atoms with Crippen LogP contribution in [0.1, 0.15) is 45.9 Å². The van der Waals surface area contributed by atoms with Crippen molar-refractivity contribution < 1.29 is 4.42 Å². The van der Waals surface area contributed by atoms with E-state index in [1.165, 1.54) is 25.0 Å². The van der Waals surface area contributed by atoms with Crippen LogP contribution in [0.2, 0.25) is 0 Å². The van der Waals surface area contributed by atoms with Crippen molar-refractivity contribution in [1.82, 2.24) is 15.5 Å². The van der Waals surface area contributed by atoms with E-state index in [1.807, 2.05) is 0 Å². The molecule has 0 aromatic carbocycles. The van der Waals surface area contributed by atoms with Crippen LogP contribution in [-0.4, -0.2) is 33.8 Å². The van der Waals surface area contributed by atoms with Crippen molar-refractivity contribution in [2.45, 2.75) is 57.9 Å². The number of anilines is 1. The lowest BCUT2D eigenvalue weighted by Gasteiger charge is -2.10. The molecule has 0 radical (unpaired) electrons. The van der Waals surface area contributed by atoms with Gasteiger partial charge in [0.25, 0.3) is 0 Å². The third kappa shape index (κ3) is 4.98. The minimum absolute atomic E-state index is 0.482. The maximum Gasteiger partial charge on any atom is 0.315 e. The van der Waals surface area contributed by atoms with Gasteiger partial charge in [-0.15, -0.1) is 5.10 Å². The summed E-state index contributed by atoms with van der Waals surface area (Å²) in [5.41, 5.74) is 0. The minimum atomic E-state index is 0.482. The number of aromatic nitrogens is 2. The summed E-state index contributed by atoms with van der Waals surface area (Å²) in [6, 6.07) is 1.05. The Morgan fingerprint density at radius 1 is 1.35 bits per heavy atom. The molecule has 0 amide bonds. The van der Waals surface area contributed by atoms with Crippen molar-refractivity contribution in [1.29, 1.82) is 0 Å². The molecule has 1 aromatic rings. The zero-order valence-corrected chi connectivity index (χ0v) is 13.5. The van der Waals surface area contributed by atoms with Crippen LogP contribution in [0, 0.1) is 5.92 Å². The molecule has 20 heavy (non-hydrogen) atoms. The predicted molar refractivity (Wildman–Crippen MR) is 84.0 cm³/mol. The van der Waals surface area contributed by atoms with Crippen LogP contribution in [0.25, 0.3) is 0 Å². The molecule has 2 atom stereocenters. The molecule has 0 bridgehead atoms. The van der Waals surface area contributed by atoms with Crippen LogP contribution in [0.5, 0.6) is 0 Å². The molecule has 2 rings (SSSR count). The predicted octanol–water partition coefficient (Wildman–Crippen LogP) is 2.90. The van der Waals surface area contributed by atoms with Crippen molar-refractivity contribution in [3.8, 4) is 0 Å². The first-order valence-corrected chi connectivity index (χ1v) is 8.63. The topological polar surface area (TPSA) is 63.0 Å². The normalized spacial score (nSPS) is 22.6. The molecular weight excluding hydrogens is 272 g/mol. The lowest BCUT2D eigenvalue weighted by Crippen LogP contribution is -2.19. The van der Waals surface area contributed by atoms with Crippen molar-refractivity contribution in [2.75, 3.05) is 17.6 Å². The van der Waals surface area contributed by atoms with Crippen molar-refractivity contribution >= 4 is 17.8 Å². The summed E-state index contributed by atoms with van der Waals surface area (Å²) >= 11 is 2.06. The molecule has 2 unspecified atom stereocenters. The number of hydrogen-bond acceptors (Lipinski definition) is 6. The Hall–Kier alpha value is -0.750. The molecule has 0 spiro atoms. The zero-order chi connectivity index (χ0) is 14.4. The van der Waals surface area contributed by atoms with Crippen LogP contribution >= 0.6 is 11.8 Å². The fraction of sp³-hybridized carbons (Fsp3) is 0.857. The van der Waals surface area contributed by atoms with E-state index >= 15 is 0 Å². The quantitative estimate of drug-likeness (QED) is 0.769. The van der Waals surface area contributed by atoms with E-state index in [9.17, 15) is 0 Å². The lowest BCUT2D eigenvalue weighted by atomic mass is 10.2. The SMILES string of the molecule is CCSC1CCC(Nc2nnc(CNCC(C)C)o2)C1. The maximum atomic E-state index is 5.62. The number of nitrogens with one attached hydrogen (secondary N) is 2. The van der Waals surface area contributed by atoms with Gasteiger partial charge in [0.1, 0.15) is 0 Å². The number of hydrogen-bond donors (Lipinski definition) is 2. The van der Waals surface area contributed by atoms with Gasteiger partial charge in [0.15, 0.2) is 0 Å². The van der Waals surface area contributed by atoms with E-state index in [4.69, 9.17) is 4.42 Å². The number of thioether (sulfide) groups is 1. The van der Waals surface area contributed by atoms with Crippen LogP contribution in [-0.2, 0) is 6.54 Å². The molecule has 0 aliphatic heterocycles. The van der Waals surface area contributed by atoms with Gasteiger partial charge in [0, 0.05) is 11.3 Å². The van der Waals surface area contributed by atoms with Crippen LogP contribution in [0.15, 0.2) is 4.42 Å². The first-order valence-electron chi connectivity index (χ1n) is 7.58. The summed E-state index contributed by atoms with van der Waals surface area (Å²) in [7, 11) is 0. The van der Waals surface area contributed by atoms with Crippen LogP contribution in [0.4, 0.5) is 6.01 Å². The molecule has 1 aliphatic rings. The Morgan fingerprint density at radius 3 is 2.95 bits per heavy atom. The van der Waals surface area contributed by atoms with E-state index in [0.29, 0.717) is 30.4 Å². The Bertz CT molecular complexity index is 396. The molecular formula is C14H26N4OS. The van der Waals surface area contributed by atoms with E-state index < -0.39 is 0 Å². The van der Waals surface area contributed by atoms with Gasteiger partial charge in [-0.2, -0.15) is 11.8 Å². The molecule has 6 heteroatoms. The van der Waals surface area contributed by atoms with Crippen LogP contribution < -0.4 is 10.6 Å². The number of rotatable bonds is 8. The lowest BCUT2D eigenvalue weighted by molar-refractivity contribution is 0.455. The van der Waals surface area contributed by atoms with Gasteiger partial charge >= 0.3 is 6.01 Å². The van der Waals surface area contributed by atoms with E-state index in [-0.39, 0.29) is 0 Å². The molecule has 1 fully saturated rings. The molecule has 1 aliphatic carbocycles. The molecule has 2 N–H and O–H groups in total. The highest BCUT2D eigenvalue weighted by atomic mass is 32.2. The molecule has 5 nitrogen and oxygen atoms in total. The second kappa shape index (κ2) is 7.88. The summed E-state index contributed by atoms with van der Waals surface area (Å²) in [5.74, 6) is 2.48. The molecule has 1 heterocycles. The van der Waals surface area contributed by atoms with Gasteiger partial charge in [0.05, 0.1) is 6.54 Å². The van der Waals surface area contributed by atoms with Gasteiger partial charge in [0.2, 0.25) is 5.89 Å². The highest BCUT2D eigenvalue weighted by Crippen LogP contribution is 2.31. The average Bonchev–Trinajstić information content (AvgIpc) is 3.00. The first-order chi connectivity index (χ1) is 9.67. The van der Waals surface area contributed by atoms with Crippen molar-refractivity contribution in [3.05, 3.63) is 5.89 Å². The van der Waals surface area contributed by atoms with Gasteiger partial charge in [-0.3, -0.25) is 0 Å². The monoisotopic (exact) mass is 298 g/mol. The smallest absolute Gasteiger partial charge is 0.315 e. The second-order valence-corrected chi connectivity index (χ2v) is 7.33. The average molecular weight is 298 g/mol. The van der Waals surface area contributed by atoms with E-state index in [1.54, 1.807) is 0 Å². The highest BCUT2D eigenvalue weighted by Gasteiger charge is 2.25. The summed E-state index contributed by atoms with van der Waals surface area (Å²) in [5, 5.41) is 15.6.